The van der Waals surface area contributed by atoms with Gasteiger partial charge >= 0.3 is 0 Å². The average molecular weight is 463 g/mol. The number of nitrogens with one attached hydrogen (secondary N) is 2. The molecule has 0 aliphatic heterocycles. The molecule has 2 aromatic rings. The van der Waals surface area contributed by atoms with E-state index in [4.69, 9.17) is 21.7 Å². The van der Waals surface area contributed by atoms with Crippen molar-refractivity contribution in [3.63, 3.8) is 0 Å². The van der Waals surface area contributed by atoms with Crippen LogP contribution in [-0.4, -0.2) is 23.7 Å². The molecule has 0 unspecified atom stereocenters. The highest BCUT2D eigenvalue weighted by Crippen LogP contribution is 2.24. The Labute approximate surface area is 179 Å². The molecule has 0 aliphatic rings. The minimum absolute atomic E-state index is 0.0558. The van der Waals surface area contributed by atoms with E-state index in [0.29, 0.717) is 29.4 Å². The Balaban J connectivity index is 2.05. The number of rotatable bonds is 7. The lowest BCUT2D eigenvalue weighted by atomic mass is 10.2. The van der Waals surface area contributed by atoms with Crippen molar-refractivity contribution in [2.45, 2.75) is 26.9 Å². The zero-order valence-corrected chi connectivity index (χ0v) is 18.4. The van der Waals surface area contributed by atoms with Crippen molar-refractivity contribution in [1.29, 1.82) is 0 Å². The summed E-state index contributed by atoms with van der Waals surface area (Å²) in [6, 6.07) is 12.6. The van der Waals surface area contributed by atoms with Gasteiger partial charge in [0.2, 0.25) is 0 Å². The molecule has 2 rings (SSSR count). The first-order valence-electron chi connectivity index (χ1n) is 8.70. The molecule has 1 amide bonds. The summed E-state index contributed by atoms with van der Waals surface area (Å²) in [5.74, 6) is 0.819. The number of benzene rings is 2. The maximum atomic E-state index is 12.7. The first kappa shape index (κ1) is 21.9. The van der Waals surface area contributed by atoms with Crippen molar-refractivity contribution in [3.8, 4) is 11.5 Å². The number of halogens is 1. The third-order valence-electron chi connectivity index (χ3n) is 3.35. The van der Waals surface area contributed by atoms with Crippen LogP contribution in [0.4, 0.5) is 5.69 Å². The number of amides is 1. The predicted octanol–water partition coefficient (Wildman–Crippen LogP) is 5.32. The second-order valence-electron chi connectivity index (χ2n) is 6.49. The van der Waals surface area contributed by atoms with Crippen LogP contribution in [0, 0.1) is 0 Å². The minimum Gasteiger partial charge on any atom is -0.490 e. The smallest absolute Gasteiger partial charge is 0.261 e. The molecule has 0 atom stereocenters. The van der Waals surface area contributed by atoms with Crippen molar-refractivity contribution in [2.75, 3.05) is 11.9 Å². The molecule has 0 saturated heterocycles. The van der Waals surface area contributed by atoms with Crippen LogP contribution in [0.25, 0.3) is 0 Å². The predicted molar refractivity (Wildman–Crippen MR) is 120 cm³/mol. The number of carbonyl (C=O) groups is 1. The maximum absolute atomic E-state index is 12.7. The normalized spacial score (nSPS) is 10.3. The van der Waals surface area contributed by atoms with Gasteiger partial charge in [0.1, 0.15) is 18.1 Å². The Morgan fingerprint density at radius 2 is 2.00 bits per heavy atom. The molecule has 0 aromatic heterocycles. The summed E-state index contributed by atoms with van der Waals surface area (Å²) in [7, 11) is 0. The Bertz CT molecular complexity index is 884. The largest absolute Gasteiger partial charge is 0.490 e. The number of thiocarbonyl (C=S) groups is 1. The molecule has 2 aromatic carbocycles. The fourth-order valence-electron chi connectivity index (χ4n) is 2.24. The van der Waals surface area contributed by atoms with Crippen LogP contribution in [0.15, 0.2) is 59.1 Å². The summed E-state index contributed by atoms with van der Waals surface area (Å²) < 4.78 is 12.1. The molecule has 0 bridgehead atoms. The summed E-state index contributed by atoms with van der Waals surface area (Å²) in [6.45, 7) is 9.95. The molecule has 148 valence electrons. The van der Waals surface area contributed by atoms with E-state index in [1.807, 2.05) is 45.0 Å². The van der Waals surface area contributed by atoms with Gasteiger partial charge in [-0.2, -0.15) is 0 Å². The molecule has 5 nitrogen and oxygen atoms in total. The summed E-state index contributed by atoms with van der Waals surface area (Å²) in [4.78, 5) is 12.7. The van der Waals surface area contributed by atoms with E-state index < -0.39 is 0 Å². The Kier molecular flexibility index (Phi) is 8.02. The summed E-state index contributed by atoms with van der Waals surface area (Å²) in [6.07, 6.45) is -0.0558. The molecule has 0 heterocycles. The molecule has 0 fully saturated rings. The van der Waals surface area contributed by atoms with Gasteiger partial charge in [0.05, 0.1) is 11.7 Å². The Morgan fingerprint density at radius 3 is 2.68 bits per heavy atom. The fourth-order valence-corrected chi connectivity index (χ4v) is 2.81. The van der Waals surface area contributed by atoms with Crippen LogP contribution >= 0.6 is 28.1 Å². The average Bonchev–Trinajstić information content (AvgIpc) is 2.61. The molecule has 2 N–H and O–H groups in total. The van der Waals surface area contributed by atoms with E-state index in [9.17, 15) is 4.79 Å². The van der Waals surface area contributed by atoms with Crippen LogP contribution in [0.5, 0.6) is 11.5 Å². The summed E-state index contributed by atoms with van der Waals surface area (Å²) >= 11 is 8.65. The third-order valence-corrected chi connectivity index (χ3v) is 4.05. The SMILES string of the molecule is C=C(C)COc1cccc(NC(=S)NC(=O)c2cc(Br)ccc2OC(C)C)c1. The van der Waals surface area contributed by atoms with Gasteiger partial charge in [-0.25, -0.2) is 0 Å². The Hall–Kier alpha value is -2.38. The van der Waals surface area contributed by atoms with Crippen LogP contribution in [0.3, 0.4) is 0 Å². The van der Waals surface area contributed by atoms with Crippen LogP contribution in [-0.2, 0) is 0 Å². The van der Waals surface area contributed by atoms with E-state index in [2.05, 4.69) is 33.1 Å². The van der Waals surface area contributed by atoms with E-state index in [-0.39, 0.29) is 17.1 Å². The highest BCUT2D eigenvalue weighted by Gasteiger charge is 2.16. The summed E-state index contributed by atoms with van der Waals surface area (Å²) in [5, 5.41) is 5.85. The highest BCUT2D eigenvalue weighted by molar-refractivity contribution is 9.10. The van der Waals surface area contributed by atoms with Crippen molar-refractivity contribution in [1.82, 2.24) is 5.32 Å². The van der Waals surface area contributed by atoms with Crippen molar-refractivity contribution in [2.24, 2.45) is 0 Å². The fraction of sp³-hybridized carbons (Fsp3) is 0.238. The zero-order chi connectivity index (χ0) is 20.7. The van der Waals surface area contributed by atoms with Crippen molar-refractivity contribution in [3.05, 3.63) is 64.7 Å². The second kappa shape index (κ2) is 10.2. The molecule has 0 radical (unpaired) electrons. The van der Waals surface area contributed by atoms with E-state index >= 15 is 0 Å². The number of carbonyl (C=O) groups excluding carboxylic acids is 1. The van der Waals surface area contributed by atoms with Gasteiger partial charge in [0, 0.05) is 16.2 Å². The van der Waals surface area contributed by atoms with Gasteiger partial charge in [-0.1, -0.05) is 28.6 Å². The molecule has 0 aliphatic carbocycles. The molecule has 7 heteroatoms. The quantitative estimate of drug-likeness (QED) is 0.430. The topological polar surface area (TPSA) is 59.6 Å². The standard InChI is InChI=1S/C21H23BrN2O3S/c1-13(2)12-26-17-7-5-6-16(11-17)23-21(28)24-20(25)18-10-15(22)8-9-19(18)27-14(3)4/h5-11,14H,1,12H2,2-4H3,(H2,23,24,25,28). The Morgan fingerprint density at radius 1 is 1.25 bits per heavy atom. The van der Waals surface area contributed by atoms with Gasteiger partial charge in [-0.3, -0.25) is 10.1 Å². The van der Waals surface area contributed by atoms with Crippen molar-refractivity contribution < 1.29 is 14.3 Å². The van der Waals surface area contributed by atoms with Crippen molar-refractivity contribution >= 4 is 44.9 Å². The van der Waals surface area contributed by atoms with Gasteiger partial charge < -0.3 is 14.8 Å². The minimum atomic E-state index is -0.357. The maximum Gasteiger partial charge on any atom is 0.261 e. The third kappa shape index (κ3) is 6.98. The number of anilines is 1. The van der Waals surface area contributed by atoms with Crippen LogP contribution < -0.4 is 20.1 Å². The van der Waals surface area contributed by atoms with E-state index in [1.165, 1.54) is 0 Å². The first-order valence-corrected chi connectivity index (χ1v) is 9.90. The van der Waals surface area contributed by atoms with E-state index in [0.717, 1.165) is 10.0 Å². The zero-order valence-electron chi connectivity index (χ0n) is 16.0. The molecule has 0 spiro atoms. The lowest BCUT2D eigenvalue weighted by molar-refractivity contribution is 0.0972. The van der Waals surface area contributed by atoms with Crippen LogP contribution in [0.2, 0.25) is 0 Å². The lowest BCUT2D eigenvalue weighted by Gasteiger charge is -2.15. The van der Waals surface area contributed by atoms with Gasteiger partial charge in [-0.15, -0.1) is 0 Å². The lowest BCUT2D eigenvalue weighted by Crippen LogP contribution is -2.34. The van der Waals surface area contributed by atoms with Gasteiger partial charge in [0.15, 0.2) is 5.11 Å². The van der Waals surface area contributed by atoms with Gasteiger partial charge in [-0.05, 0) is 68.9 Å². The number of hydrogen-bond acceptors (Lipinski definition) is 4. The molecular formula is C21H23BrN2O3S. The number of ether oxygens (including phenoxy) is 2. The summed E-state index contributed by atoms with van der Waals surface area (Å²) in [5.41, 5.74) is 2.03. The number of hydrogen-bond donors (Lipinski definition) is 2. The first-order chi connectivity index (χ1) is 13.2. The molecular weight excluding hydrogens is 440 g/mol. The van der Waals surface area contributed by atoms with E-state index in [1.54, 1.807) is 18.2 Å². The highest BCUT2D eigenvalue weighted by atomic mass is 79.9. The second-order valence-corrected chi connectivity index (χ2v) is 7.81. The van der Waals surface area contributed by atoms with Crippen LogP contribution in [0.1, 0.15) is 31.1 Å². The molecule has 0 saturated carbocycles. The van der Waals surface area contributed by atoms with Gasteiger partial charge in [0.25, 0.3) is 5.91 Å². The molecule has 28 heavy (non-hydrogen) atoms. The monoisotopic (exact) mass is 462 g/mol.